The van der Waals surface area contributed by atoms with Gasteiger partial charge in [-0.3, -0.25) is 0 Å². The molecule has 1 aliphatic carbocycles. The van der Waals surface area contributed by atoms with E-state index in [1.54, 1.807) is 12.1 Å². The molecular formula is C17H23FN2O. The van der Waals surface area contributed by atoms with Gasteiger partial charge in [-0.2, -0.15) is 0 Å². The molecule has 2 amide bonds. The van der Waals surface area contributed by atoms with Crippen molar-refractivity contribution in [3.05, 3.63) is 35.6 Å². The van der Waals surface area contributed by atoms with Crippen LogP contribution in [0.1, 0.15) is 44.2 Å². The summed E-state index contributed by atoms with van der Waals surface area (Å²) in [5.41, 5.74) is 1.02. The highest BCUT2D eigenvalue weighted by molar-refractivity contribution is 5.75. The van der Waals surface area contributed by atoms with Crippen LogP contribution >= 0.6 is 0 Å². The van der Waals surface area contributed by atoms with Crippen LogP contribution in [0.4, 0.5) is 9.18 Å². The van der Waals surface area contributed by atoms with Gasteiger partial charge >= 0.3 is 6.03 Å². The first-order chi connectivity index (χ1) is 10.1. The van der Waals surface area contributed by atoms with E-state index in [0.717, 1.165) is 37.9 Å². The second-order valence-electron chi connectivity index (χ2n) is 6.51. The van der Waals surface area contributed by atoms with Crippen LogP contribution in [0.5, 0.6) is 0 Å². The number of carbonyl (C=O) groups is 1. The molecule has 1 heterocycles. The van der Waals surface area contributed by atoms with E-state index in [1.165, 1.54) is 18.6 Å². The lowest BCUT2D eigenvalue weighted by molar-refractivity contribution is 0.182. The van der Waals surface area contributed by atoms with Crippen LogP contribution in [0.2, 0.25) is 0 Å². The van der Waals surface area contributed by atoms with E-state index < -0.39 is 0 Å². The fraction of sp³-hybridized carbons (Fsp3) is 0.588. The van der Waals surface area contributed by atoms with Crippen LogP contribution in [-0.4, -0.2) is 24.0 Å². The van der Waals surface area contributed by atoms with E-state index in [0.29, 0.717) is 11.8 Å². The average molecular weight is 290 g/mol. The quantitative estimate of drug-likeness (QED) is 0.904. The molecule has 0 radical (unpaired) electrons. The van der Waals surface area contributed by atoms with Crippen molar-refractivity contribution in [3.8, 4) is 0 Å². The van der Waals surface area contributed by atoms with Gasteiger partial charge in [-0.25, -0.2) is 9.18 Å². The molecule has 3 rings (SSSR count). The number of benzene rings is 1. The van der Waals surface area contributed by atoms with Crippen molar-refractivity contribution in [2.75, 3.05) is 13.1 Å². The maximum absolute atomic E-state index is 13.1. The molecule has 1 aromatic carbocycles. The third kappa shape index (κ3) is 3.20. The van der Waals surface area contributed by atoms with Crippen LogP contribution in [0.15, 0.2) is 24.3 Å². The third-order valence-electron chi connectivity index (χ3n) is 4.84. The number of hydrogen-bond acceptors (Lipinski definition) is 1. The summed E-state index contributed by atoms with van der Waals surface area (Å²) in [6.07, 6.45) is 4.58. The van der Waals surface area contributed by atoms with Gasteiger partial charge in [-0.05, 0) is 48.8 Å². The van der Waals surface area contributed by atoms with Gasteiger partial charge in [-0.15, -0.1) is 0 Å². The van der Waals surface area contributed by atoms with Crippen LogP contribution in [0.3, 0.4) is 0 Å². The zero-order chi connectivity index (χ0) is 14.8. The van der Waals surface area contributed by atoms with E-state index in [1.807, 2.05) is 4.90 Å². The monoisotopic (exact) mass is 290 g/mol. The Bertz CT molecular complexity index is 498. The molecule has 114 valence electrons. The Morgan fingerprint density at radius 3 is 2.52 bits per heavy atom. The summed E-state index contributed by atoms with van der Waals surface area (Å²) in [5, 5.41) is 3.18. The highest BCUT2D eigenvalue weighted by Crippen LogP contribution is 2.38. The number of rotatable bonds is 3. The Morgan fingerprint density at radius 1 is 1.29 bits per heavy atom. The summed E-state index contributed by atoms with van der Waals surface area (Å²) in [7, 11) is 0. The second-order valence-corrected chi connectivity index (χ2v) is 6.51. The Morgan fingerprint density at radius 2 is 2.00 bits per heavy atom. The lowest BCUT2D eigenvalue weighted by Crippen LogP contribution is -2.43. The van der Waals surface area contributed by atoms with Gasteiger partial charge in [0.2, 0.25) is 0 Å². The zero-order valence-corrected chi connectivity index (χ0v) is 12.5. The average Bonchev–Trinajstić information content (AvgIpc) is 2.83. The lowest BCUT2D eigenvalue weighted by Gasteiger charge is -2.35. The molecule has 21 heavy (non-hydrogen) atoms. The van der Waals surface area contributed by atoms with E-state index in [2.05, 4.69) is 12.2 Å². The van der Waals surface area contributed by atoms with Gasteiger partial charge in [0.1, 0.15) is 5.82 Å². The summed E-state index contributed by atoms with van der Waals surface area (Å²) in [4.78, 5) is 14.3. The van der Waals surface area contributed by atoms with E-state index in [4.69, 9.17) is 0 Å². The molecule has 2 unspecified atom stereocenters. The highest BCUT2D eigenvalue weighted by atomic mass is 19.1. The number of carbonyl (C=O) groups excluding carboxylic acids is 1. The number of urea groups is 1. The van der Waals surface area contributed by atoms with Crippen molar-refractivity contribution in [1.82, 2.24) is 10.2 Å². The number of nitrogens with zero attached hydrogens (tertiary/aromatic N) is 1. The first kappa shape index (κ1) is 14.4. The number of halogens is 1. The lowest BCUT2D eigenvalue weighted by atomic mass is 9.77. The Balaban J connectivity index is 1.70. The molecule has 0 aromatic heterocycles. The Labute approximate surface area is 125 Å². The molecule has 1 saturated carbocycles. The summed E-state index contributed by atoms with van der Waals surface area (Å²) in [6, 6.07) is 6.59. The van der Waals surface area contributed by atoms with E-state index in [9.17, 15) is 9.18 Å². The molecule has 2 fully saturated rings. The molecular weight excluding hydrogens is 267 g/mol. The van der Waals surface area contributed by atoms with Crippen molar-refractivity contribution in [2.24, 2.45) is 11.8 Å². The van der Waals surface area contributed by atoms with Crippen LogP contribution in [-0.2, 0) is 0 Å². The fourth-order valence-corrected chi connectivity index (χ4v) is 3.26. The topological polar surface area (TPSA) is 32.3 Å². The molecule has 1 aliphatic heterocycles. The van der Waals surface area contributed by atoms with E-state index >= 15 is 0 Å². The van der Waals surface area contributed by atoms with Crippen LogP contribution in [0, 0.1) is 17.7 Å². The molecule has 0 spiro atoms. The summed E-state index contributed by atoms with van der Waals surface area (Å²) < 4.78 is 13.1. The first-order valence-corrected chi connectivity index (χ1v) is 7.94. The molecule has 4 heteroatoms. The zero-order valence-electron chi connectivity index (χ0n) is 12.5. The maximum Gasteiger partial charge on any atom is 0.317 e. The standard InChI is InChI=1S/C17H23FN2O/c1-12-9-10-20(11-12)17(21)19-16(13-3-2-4-13)14-5-7-15(18)8-6-14/h5-8,12-13,16H,2-4,9-11H2,1H3,(H,19,21). The SMILES string of the molecule is CC1CCN(C(=O)NC(c2ccc(F)cc2)C2CCC2)C1. The van der Waals surface area contributed by atoms with Crippen molar-refractivity contribution in [2.45, 2.75) is 38.6 Å². The van der Waals surface area contributed by atoms with Gasteiger partial charge in [0.05, 0.1) is 6.04 Å². The van der Waals surface area contributed by atoms with Crippen molar-refractivity contribution >= 4 is 6.03 Å². The molecule has 1 aromatic rings. The van der Waals surface area contributed by atoms with Gasteiger partial charge in [0.15, 0.2) is 0 Å². The molecule has 1 saturated heterocycles. The first-order valence-electron chi connectivity index (χ1n) is 7.94. The largest absolute Gasteiger partial charge is 0.331 e. The predicted octanol–water partition coefficient (Wildman–Crippen LogP) is 3.72. The summed E-state index contributed by atoms with van der Waals surface area (Å²) >= 11 is 0. The van der Waals surface area contributed by atoms with Gasteiger partial charge in [-0.1, -0.05) is 25.5 Å². The molecule has 1 N–H and O–H groups in total. The number of nitrogens with one attached hydrogen (secondary N) is 1. The smallest absolute Gasteiger partial charge is 0.317 e. The van der Waals surface area contributed by atoms with E-state index in [-0.39, 0.29) is 17.9 Å². The second kappa shape index (κ2) is 6.04. The normalized spacial score (nSPS) is 23.7. The van der Waals surface area contributed by atoms with Crippen LogP contribution < -0.4 is 5.32 Å². The molecule has 3 nitrogen and oxygen atoms in total. The molecule has 2 atom stereocenters. The third-order valence-corrected chi connectivity index (χ3v) is 4.84. The van der Waals surface area contributed by atoms with Gasteiger partial charge < -0.3 is 10.2 Å². The minimum absolute atomic E-state index is 0.0164. The van der Waals surface area contributed by atoms with Crippen molar-refractivity contribution in [1.29, 1.82) is 0 Å². The highest BCUT2D eigenvalue weighted by Gasteiger charge is 2.32. The summed E-state index contributed by atoms with van der Waals surface area (Å²) in [5.74, 6) is 0.842. The Hall–Kier alpha value is -1.58. The minimum atomic E-state index is -0.231. The molecule has 0 bridgehead atoms. The molecule has 2 aliphatic rings. The van der Waals surface area contributed by atoms with Crippen LogP contribution in [0.25, 0.3) is 0 Å². The number of likely N-dealkylation sites (tertiary alicyclic amines) is 1. The van der Waals surface area contributed by atoms with Gasteiger partial charge in [0.25, 0.3) is 0 Å². The number of hydrogen-bond donors (Lipinski definition) is 1. The van der Waals surface area contributed by atoms with Gasteiger partial charge in [0, 0.05) is 13.1 Å². The fourth-order valence-electron chi connectivity index (χ4n) is 3.26. The van der Waals surface area contributed by atoms with Crippen molar-refractivity contribution < 1.29 is 9.18 Å². The summed E-state index contributed by atoms with van der Waals surface area (Å²) in [6.45, 7) is 3.86. The Kier molecular flexibility index (Phi) is 4.13. The predicted molar refractivity (Wildman–Crippen MR) is 80.4 cm³/mol. The minimum Gasteiger partial charge on any atom is -0.331 e. The maximum atomic E-state index is 13.1. The number of amides is 2. The van der Waals surface area contributed by atoms with Crippen molar-refractivity contribution in [3.63, 3.8) is 0 Å².